The number of rotatable bonds is 3. The molecule has 0 bridgehead atoms. The summed E-state index contributed by atoms with van der Waals surface area (Å²) in [5, 5.41) is 0. The fourth-order valence-corrected chi connectivity index (χ4v) is 4.37. The second-order valence-corrected chi connectivity index (χ2v) is 7.66. The van der Waals surface area contributed by atoms with Gasteiger partial charge in [0, 0.05) is 19.2 Å². The fraction of sp³-hybridized carbons (Fsp3) is 0.222. The van der Waals surface area contributed by atoms with E-state index in [1.165, 1.54) is 15.9 Å². The Morgan fingerprint density at radius 3 is 2.50 bits per heavy atom. The van der Waals surface area contributed by atoms with Gasteiger partial charge in [0.2, 0.25) is 16.8 Å². The molecule has 4 rings (SSSR count). The van der Waals surface area contributed by atoms with Crippen molar-refractivity contribution in [1.82, 2.24) is 4.31 Å². The summed E-state index contributed by atoms with van der Waals surface area (Å²) < 4.78 is 37.7. The van der Waals surface area contributed by atoms with E-state index in [2.05, 4.69) is 0 Å². The summed E-state index contributed by atoms with van der Waals surface area (Å²) in [6, 6.07) is 14.8. The van der Waals surface area contributed by atoms with Crippen molar-refractivity contribution in [2.45, 2.75) is 11.3 Å². The predicted octanol–water partition coefficient (Wildman–Crippen LogP) is 2.89. The molecule has 0 N–H and O–H groups in total. The van der Waals surface area contributed by atoms with Gasteiger partial charge in [0.05, 0.1) is 4.90 Å². The number of ether oxygens (including phenoxy) is 2. The minimum atomic E-state index is -3.54. The van der Waals surface area contributed by atoms with Crippen LogP contribution in [0.5, 0.6) is 11.5 Å². The lowest BCUT2D eigenvalue weighted by Gasteiger charge is -2.26. The zero-order valence-electron chi connectivity index (χ0n) is 13.0. The van der Waals surface area contributed by atoms with Gasteiger partial charge in [0.1, 0.15) is 0 Å². The fourth-order valence-electron chi connectivity index (χ4n) is 2.97. The first-order chi connectivity index (χ1) is 11.6. The Bertz CT molecular complexity index is 890. The Balaban J connectivity index is 1.57. The molecule has 2 aliphatic heterocycles. The van der Waals surface area contributed by atoms with Gasteiger partial charge in [-0.1, -0.05) is 36.4 Å². The van der Waals surface area contributed by atoms with E-state index >= 15 is 0 Å². The van der Waals surface area contributed by atoms with Crippen LogP contribution in [-0.2, 0) is 10.0 Å². The van der Waals surface area contributed by atoms with Crippen LogP contribution in [-0.4, -0.2) is 32.6 Å². The highest BCUT2D eigenvalue weighted by atomic mass is 32.2. The Morgan fingerprint density at radius 2 is 1.75 bits per heavy atom. The lowest BCUT2D eigenvalue weighted by molar-refractivity contribution is 0.174. The molecule has 5 nitrogen and oxygen atoms in total. The van der Waals surface area contributed by atoms with Crippen LogP contribution >= 0.6 is 0 Å². The zero-order chi connectivity index (χ0) is 16.6. The molecular formula is C18H17NO4S. The van der Waals surface area contributed by atoms with Crippen LogP contribution in [0, 0.1) is 0 Å². The minimum Gasteiger partial charge on any atom is -0.454 e. The van der Waals surface area contributed by atoms with Crippen LogP contribution in [0.2, 0.25) is 0 Å². The van der Waals surface area contributed by atoms with Gasteiger partial charge in [-0.3, -0.25) is 0 Å². The largest absolute Gasteiger partial charge is 0.454 e. The second-order valence-electron chi connectivity index (χ2n) is 5.72. The predicted molar refractivity (Wildman–Crippen MR) is 90.4 cm³/mol. The lowest BCUT2D eigenvalue weighted by Crippen LogP contribution is -2.34. The van der Waals surface area contributed by atoms with Gasteiger partial charge >= 0.3 is 0 Å². The quantitative estimate of drug-likeness (QED) is 0.860. The molecule has 0 fully saturated rings. The normalized spacial score (nSPS) is 17.6. The van der Waals surface area contributed by atoms with Gasteiger partial charge in [0.25, 0.3) is 0 Å². The summed E-state index contributed by atoms with van der Waals surface area (Å²) in [5.74, 6) is 1.06. The number of nitrogens with zero attached hydrogens (tertiary/aromatic N) is 1. The molecule has 24 heavy (non-hydrogen) atoms. The molecule has 2 aromatic carbocycles. The van der Waals surface area contributed by atoms with E-state index in [1.54, 1.807) is 12.1 Å². The van der Waals surface area contributed by atoms with Gasteiger partial charge in [-0.2, -0.15) is 4.31 Å². The number of benzene rings is 2. The Morgan fingerprint density at radius 1 is 0.958 bits per heavy atom. The molecule has 0 radical (unpaired) electrons. The van der Waals surface area contributed by atoms with E-state index in [1.807, 2.05) is 36.4 Å². The van der Waals surface area contributed by atoms with Crippen LogP contribution in [0.25, 0.3) is 5.57 Å². The van der Waals surface area contributed by atoms with Crippen molar-refractivity contribution in [3.8, 4) is 11.5 Å². The second kappa shape index (κ2) is 5.96. The van der Waals surface area contributed by atoms with Crippen LogP contribution in [0.3, 0.4) is 0 Å². The van der Waals surface area contributed by atoms with Gasteiger partial charge in [-0.25, -0.2) is 8.42 Å². The van der Waals surface area contributed by atoms with Crippen LogP contribution < -0.4 is 9.47 Å². The molecule has 0 atom stereocenters. The maximum Gasteiger partial charge on any atom is 0.243 e. The van der Waals surface area contributed by atoms with Crippen molar-refractivity contribution >= 4 is 15.6 Å². The summed E-state index contributed by atoms with van der Waals surface area (Å²) in [4.78, 5) is 0.239. The van der Waals surface area contributed by atoms with E-state index in [0.717, 1.165) is 5.56 Å². The molecule has 0 aromatic heterocycles. The molecule has 2 heterocycles. The third-order valence-corrected chi connectivity index (χ3v) is 6.16. The first-order valence-corrected chi connectivity index (χ1v) is 9.23. The Hall–Kier alpha value is -2.31. The van der Waals surface area contributed by atoms with Crippen molar-refractivity contribution in [3.63, 3.8) is 0 Å². The number of hydrogen-bond donors (Lipinski definition) is 0. The molecular weight excluding hydrogens is 326 g/mol. The van der Waals surface area contributed by atoms with Crippen LogP contribution in [0.1, 0.15) is 12.0 Å². The smallest absolute Gasteiger partial charge is 0.243 e. The molecule has 124 valence electrons. The van der Waals surface area contributed by atoms with E-state index in [4.69, 9.17) is 9.47 Å². The Kier molecular flexibility index (Phi) is 3.78. The highest BCUT2D eigenvalue weighted by molar-refractivity contribution is 7.89. The van der Waals surface area contributed by atoms with Crippen molar-refractivity contribution in [1.29, 1.82) is 0 Å². The molecule has 0 saturated carbocycles. The number of fused-ring (bicyclic) bond motifs is 1. The van der Waals surface area contributed by atoms with Crippen LogP contribution in [0.4, 0.5) is 0 Å². The molecule has 0 aliphatic carbocycles. The van der Waals surface area contributed by atoms with Crippen LogP contribution in [0.15, 0.2) is 59.5 Å². The molecule has 6 heteroatoms. The van der Waals surface area contributed by atoms with E-state index in [-0.39, 0.29) is 11.7 Å². The van der Waals surface area contributed by atoms with Crippen molar-refractivity contribution in [2.75, 3.05) is 19.9 Å². The molecule has 0 amide bonds. The monoisotopic (exact) mass is 343 g/mol. The maximum absolute atomic E-state index is 12.8. The highest BCUT2D eigenvalue weighted by Gasteiger charge is 2.28. The van der Waals surface area contributed by atoms with Crippen molar-refractivity contribution in [3.05, 3.63) is 60.2 Å². The average Bonchev–Trinajstić information content (AvgIpc) is 3.10. The van der Waals surface area contributed by atoms with Gasteiger partial charge in [-0.05, 0) is 29.7 Å². The van der Waals surface area contributed by atoms with E-state index < -0.39 is 10.0 Å². The molecule has 2 aliphatic rings. The Labute approximate surface area is 141 Å². The van der Waals surface area contributed by atoms with E-state index in [0.29, 0.717) is 31.0 Å². The summed E-state index contributed by atoms with van der Waals surface area (Å²) >= 11 is 0. The van der Waals surface area contributed by atoms with Crippen molar-refractivity contribution < 1.29 is 17.9 Å². The standard InChI is InChI=1S/C18H17NO4S/c20-24(21,16-6-7-17-18(12-16)23-13-22-17)19-10-8-15(9-11-19)14-4-2-1-3-5-14/h1-8,12H,9-11,13H2. The molecule has 0 spiro atoms. The van der Waals surface area contributed by atoms with E-state index in [9.17, 15) is 8.42 Å². The maximum atomic E-state index is 12.8. The third-order valence-electron chi connectivity index (χ3n) is 4.30. The van der Waals surface area contributed by atoms with Gasteiger partial charge < -0.3 is 9.47 Å². The molecule has 0 saturated heterocycles. The first-order valence-electron chi connectivity index (χ1n) is 7.79. The topological polar surface area (TPSA) is 55.8 Å². The lowest BCUT2D eigenvalue weighted by atomic mass is 10.0. The van der Waals surface area contributed by atoms with Gasteiger partial charge in [0.15, 0.2) is 11.5 Å². The summed E-state index contributed by atoms with van der Waals surface area (Å²) in [7, 11) is -3.54. The van der Waals surface area contributed by atoms with Crippen molar-refractivity contribution in [2.24, 2.45) is 0 Å². The number of hydrogen-bond acceptors (Lipinski definition) is 4. The zero-order valence-corrected chi connectivity index (χ0v) is 13.8. The average molecular weight is 343 g/mol. The third kappa shape index (κ3) is 2.68. The number of sulfonamides is 1. The summed E-state index contributed by atoms with van der Waals surface area (Å²) in [6.07, 6.45) is 2.69. The SMILES string of the molecule is O=S(=O)(c1ccc2c(c1)OCO2)N1CC=C(c2ccccc2)CC1. The molecule has 0 unspecified atom stereocenters. The van der Waals surface area contributed by atoms with Gasteiger partial charge in [-0.15, -0.1) is 0 Å². The first kappa shape index (κ1) is 15.2. The summed E-state index contributed by atoms with van der Waals surface area (Å²) in [6.45, 7) is 0.976. The summed E-state index contributed by atoms with van der Waals surface area (Å²) in [5.41, 5.74) is 2.34. The molecule has 2 aromatic rings. The minimum absolute atomic E-state index is 0.131. The highest BCUT2D eigenvalue weighted by Crippen LogP contribution is 2.35.